The molecule has 0 spiro atoms. The highest BCUT2D eigenvalue weighted by atomic mass is 16.5. The lowest BCUT2D eigenvalue weighted by atomic mass is 10.2. The minimum atomic E-state index is 0.365. The van der Waals surface area contributed by atoms with E-state index in [1.54, 1.807) is 0 Å². The minimum absolute atomic E-state index is 0.365. The molecule has 3 N–H and O–H groups in total. The normalized spacial score (nSPS) is 19.9. The second-order valence-corrected chi connectivity index (χ2v) is 4.03. The first-order valence-corrected chi connectivity index (χ1v) is 5.53. The van der Waals surface area contributed by atoms with Crippen molar-refractivity contribution in [2.24, 2.45) is 0 Å². The van der Waals surface area contributed by atoms with Crippen molar-refractivity contribution in [2.45, 2.75) is 13.1 Å². The number of nitrogens with one attached hydrogen (secondary N) is 1. The number of nitrogen functional groups attached to an aromatic ring is 1. The first-order valence-electron chi connectivity index (χ1n) is 5.53. The van der Waals surface area contributed by atoms with Gasteiger partial charge in [0.1, 0.15) is 5.82 Å². The van der Waals surface area contributed by atoms with E-state index in [1.807, 2.05) is 0 Å². The van der Waals surface area contributed by atoms with Crippen molar-refractivity contribution in [3.63, 3.8) is 0 Å². The summed E-state index contributed by atoms with van der Waals surface area (Å²) in [5.41, 5.74) is 7.96. The van der Waals surface area contributed by atoms with Crippen LogP contribution in [-0.2, 0) is 17.8 Å². The largest absolute Gasteiger partial charge is 0.378 e. The number of nitrogens with zero attached hydrogens (tertiary/aromatic N) is 3. The third kappa shape index (κ3) is 1.60. The van der Waals surface area contributed by atoms with Gasteiger partial charge in [0.2, 0.25) is 5.95 Å². The van der Waals surface area contributed by atoms with E-state index in [9.17, 15) is 0 Å². The molecule has 0 saturated carbocycles. The lowest BCUT2D eigenvalue weighted by molar-refractivity contribution is 0.122. The SMILES string of the molecule is Nc1nc2c(c(N3CCOCC3)n1)CNC2. The van der Waals surface area contributed by atoms with Gasteiger partial charge in [0.05, 0.1) is 18.9 Å². The third-order valence-electron chi connectivity index (χ3n) is 2.99. The van der Waals surface area contributed by atoms with Gasteiger partial charge in [-0.3, -0.25) is 0 Å². The number of anilines is 2. The van der Waals surface area contributed by atoms with Crippen molar-refractivity contribution in [2.75, 3.05) is 36.9 Å². The number of aromatic nitrogens is 2. The molecule has 1 saturated heterocycles. The van der Waals surface area contributed by atoms with Gasteiger partial charge in [0, 0.05) is 31.7 Å². The Labute approximate surface area is 93.8 Å². The van der Waals surface area contributed by atoms with E-state index in [2.05, 4.69) is 20.2 Å². The van der Waals surface area contributed by atoms with Crippen LogP contribution < -0.4 is 16.0 Å². The summed E-state index contributed by atoms with van der Waals surface area (Å²) < 4.78 is 5.34. The summed E-state index contributed by atoms with van der Waals surface area (Å²) in [6, 6.07) is 0. The maximum atomic E-state index is 5.73. The standard InChI is InChI=1S/C10H15N5O/c11-10-13-8-6-12-5-7(8)9(14-10)15-1-3-16-4-2-15/h12H,1-6H2,(H2,11,13,14). The summed E-state index contributed by atoms with van der Waals surface area (Å²) in [6.07, 6.45) is 0. The summed E-state index contributed by atoms with van der Waals surface area (Å²) in [5.74, 6) is 1.35. The highest BCUT2D eigenvalue weighted by Gasteiger charge is 2.23. The van der Waals surface area contributed by atoms with Crippen LogP contribution in [0.5, 0.6) is 0 Å². The molecule has 6 heteroatoms. The van der Waals surface area contributed by atoms with Crippen LogP contribution in [0.1, 0.15) is 11.3 Å². The number of morpholine rings is 1. The van der Waals surface area contributed by atoms with Gasteiger partial charge in [0.15, 0.2) is 0 Å². The maximum absolute atomic E-state index is 5.73. The molecule has 86 valence electrons. The van der Waals surface area contributed by atoms with Gasteiger partial charge in [-0.15, -0.1) is 0 Å². The van der Waals surface area contributed by atoms with E-state index in [-0.39, 0.29) is 0 Å². The summed E-state index contributed by atoms with van der Waals surface area (Å²) in [4.78, 5) is 10.9. The van der Waals surface area contributed by atoms with Crippen LogP contribution >= 0.6 is 0 Å². The number of nitrogens with two attached hydrogens (primary N) is 1. The van der Waals surface area contributed by atoms with Crippen molar-refractivity contribution in [3.8, 4) is 0 Å². The van der Waals surface area contributed by atoms with Crippen LogP contribution in [0.15, 0.2) is 0 Å². The Morgan fingerprint density at radius 1 is 1.19 bits per heavy atom. The molecule has 3 heterocycles. The van der Waals surface area contributed by atoms with Gasteiger partial charge in [-0.1, -0.05) is 0 Å². The zero-order chi connectivity index (χ0) is 11.0. The minimum Gasteiger partial charge on any atom is -0.378 e. The fourth-order valence-electron chi connectivity index (χ4n) is 2.21. The molecule has 3 rings (SSSR count). The second-order valence-electron chi connectivity index (χ2n) is 4.03. The second kappa shape index (κ2) is 3.88. The van der Waals surface area contributed by atoms with Crippen molar-refractivity contribution >= 4 is 11.8 Å². The average molecular weight is 221 g/mol. The van der Waals surface area contributed by atoms with Crippen LogP contribution in [0, 0.1) is 0 Å². The molecule has 6 nitrogen and oxygen atoms in total. The molecule has 2 aliphatic heterocycles. The molecule has 16 heavy (non-hydrogen) atoms. The van der Waals surface area contributed by atoms with Crippen LogP contribution in [0.25, 0.3) is 0 Å². The van der Waals surface area contributed by atoms with Crippen molar-refractivity contribution in [1.82, 2.24) is 15.3 Å². The molecular weight excluding hydrogens is 206 g/mol. The average Bonchev–Trinajstić information content (AvgIpc) is 2.77. The number of rotatable bonds is 1. The van der Waals surface area contributed by atoms with Crippen LogP contribution in [0.4, 0.5) is 11.8 Å². The first-order chi connectivity index (χ1) is 7.84. The lowest BCUT2D eigenvalue weighted by Crippen LogP contribution is -2.37. The number of hydrogen-bond donors (Lipinski definition) is 2. The quantitative estimate of drug-likeness (QED) is 0.665. The number of ether oxygens (including phenoxy) is 1. The van der Waals surface area contributed by atoms with Gasteiger partial charge < -0.3 is 20.7 Å². The Balaban J connectivity index is 1.99. The molecule has 1 aromatic heterocycles. The van der Waals surface area contributed by atoms with Crippen molar-refractivity contribution in [3.05, 3.63) is 11.3 Å². The van der Waals surface area contributed by atoms with Crippen LogP contribution in [-0.4, -0.2) is 36.3 Å². The molecule has 1 fully saturated rings. The monoisotopic (exact) mass is 221 g/mol. The predicted molar refractivity (Wildman–Crippen MR) is 60.0 cm³/mol. The topological polar surface area (TPSA) is 76.3 Å². The Kier molecular flexibility index (Phi) is 2.37. The number of hydrogen-bond acceptors (Lipinski definition) is 6. The van der Waals surface area contributed by atoms with E-state index in [1.165, 1.54) is 5.56 Å². The molecule has 0 bridgehead atoms. The van der Waals surface area contributed by atoms with Gasteiger partial charge in [-0.25, -0.2) is 4.98 Å². The summed E-state index contributed by atoms with van der Waals surface area (Å²) in [6.45, 7) is 4.89. The molecule has 0 atom stereocenters. The number of fused-ring (bicyclic) bond motifs is 1. The van der Waals surface area contributed by atoms with Crippen molar-refractivity contribution in [1.29, 1.82) is 0 Å². The zero-order valence-electron chi connectivity index (χ0n) is 9.07. The summed E-state index contributed by atoms with van der Waals surface area (Å²) in [7, 11) is 0. The summed E-state index contributed by atoms with van der Waals surface area (Å²) in [5, 5.41) is 3.28. The van der Waals surface area contributed by atoms with E-state index in [0.717, 1.165) is 50.9 Å². The van der Waals surface area contributed by atoms with E-state index in [4.69, 9.17) is 10.5 Å². The highest BCUT2D eigenvalue weighted by molar-refractivity contribution is 5.53. The van der Waals surface area contributed by atoms with Gasteiger partial charge in [0.25, 0.3) is 0 Å². The van der Waals surface area contributed by atoms with Crippen LogP contribution in [0.2, 0.25) is 0 Å². The molecule has 2 aliphatic rings. The third-order valence-corrected chi connectivity index (χ3v) is 2.99. The lowest BCUT2D eigenvalue weighted by Gasteiger charge is -2.29. The summed E-state index contributed by atoms with van der Waals surface area (Å²) >= 11 is 0. The van der Waals surface area contributed by atoms with E-state index >= 15 is 0 Å². The van der Waals surface area contributed by atoms with Crippen molar-refractivity contribution < 1.29 is 4.74 Å². The van der Waals surface area contributed by atoms with Gasteiger partial charge >= 0.3 is 0 Å². The Bertz CT molecular complexity index is 402. The predicted octanol–water partition coefficient (Wildman–Crippen LogP) is -0.501. The Hall–Kier alpha value is -1.40. The highest BCUT2D eigenvalue weighted by Crippen LogP contribution is 2.25. The Morgan fingerprint density at radius 3 is 2.81 bits per heavy atom. The molecule has 0 amide bonds. The van der Waals surface area contributed by atoms with E-state index in [0.29, 0.717) is 5.95 Å². The zero-order valence-corrected chi connectivity index (χ0v) is 9.07. The maximum Gasteiger partial charge on any atom is 0.222 e. The molecule has 0 aliphatic carbocycles. The smallest absolute Gasteiger partial charge is 0.222 e. The van der Waals surface area contributed by atoms with Crippen LogP contribution in [0.3, 0.4) is 0 Å². The fraction of sp³-hybridized carbons (Fsp3) is 0.600. The van der Waals surface area contributed by atoms with Gasteiger partial charge in [-0.05, 0) is 0 Å². The van der Waals surface area contributed by atoms with Gasteiger partial charge in [-0.2, -0.15) is 4.98 Å². The fourth-order valence-corrected chi connectivity index (χ4v) is 2.21. The van der Waals surface area contributed by atoms with E-state index < -0.39 is 0 Å². The molecule has 0 radical (unpaired) electrons. The Morgan fingerprint density at radius 2 is 2.00 bits per heavy atom. The molecule has 1 aromatic rings. The first kappa shape index (κ1) is 9.80. The molecule has 0 aromatic carbocycles. The molecular formula is C10H15N5O. The molecule has 0 unspecified atom stereocenters.